The van der Waals surface area contributed by atoms with E-state index in [1.165, 1.54) is 25.7 Å². The minimum atomic E-state index is -0.0256. The molecule has 0 aromatic heterocycles. The van der Waals surface area contributed by atoms with Gasteiger partial charge < -0.3 is 15.5 Å². The van der Waals surface area contributed by atoms with Crippen molar-refractivity contribution in [1.82, 2.24) is 15.5 Å². The Morgan fingerprint density at radius 2 is 1.96 bits per heavy atom. The van der Waals surface area contributed by atoms with Crippen LogP contribution < -0.4 is 10.6 Å². The Morgan fingerprint density at radius 1 is 1.23 bits per heavy atom. The van der Waals surface area contributed by atoms with E-state index in [1.807, 2.05) is 38.2 Å². The summed E-state index contributed by atoms with van der Waals surface area (Å²) in [4.78, 5) is 18.6. The maximum absolute atomic E-state index is 12.0. The number of benzene rings is 1. The Bertz CT molecular complexity index is 606. The van der Waals surface area contributed by atoms with Gasteiger partial charge in [0.25, 0.3) is 5.91 Å². The lowest BCUT2D eigenvalue weighted by Gasteiger charge is -2.31. The van der Waals surface area contributed by atoms with Crippen LogP contribution >= 0.6 is 0 Å². The Hall–Kier alpha value is -2.04. The summed E-state index contributed by atoms with van der Waals surface area (Å²) in [7, 11) is 3.94. The molecule has 1 aromatic carbocycles. The first-order valence-electron chi connectivity index (χ1n) is 9.82. The van der Waals surface area contributed by atoms with Crippen molar-refractivity contribution in [1.29, 1.82) is 0 Å². The molecule has 0 saturated heterocycles. The molecule has 1 aliphatic carbocycles. The van der Waals surface area contributed by atoms with E-state index in [1.54, 1.807) is 0 Å². The van der Waals surface area contributed by atoms with E-state index >= 15 is 0 Å². The fraction of sp³-hybridized carbons (Fsp3) is 0.619. The number of guanidine groups is 1. The molecule has 2 N–H and O–H groups in total. The summed E-state index contributed by atoms with van der Waals surface area (Å²) in [5.74, 6) is 2.52. The van der Waals surface area contributed by atoms with Crippen molar-refractivity contribution >= 4 is 11.9 Å². The molecule has 26 heavy (non-hydrogen) atoms. The molecule has 0 spiro atoms. The highest BCUT2D eigenvalue weighted by Gasteiger charge is 2.20. The topological polar surface area (TPSA) is 56.7 Å². The van der Waals surface area contributed by atoms with Gasteiger partial charge in [-0.3, -0.25) is 9.79 Å². The normalized spacial score (nSPS) is 20.5. The van der Waals surface area contributed by atoms with E-state index in [0.29, 0.717) is 18.7 Å². The second-order valence-corrected chi connectivity index (χ2v) is 7.47. The number of carbonyl (C=O) groups excluding carboxylic acids is 1. The number of aliphatic imine (C=N–C) groups is 1. The Labute approximate surface area is 158 Å². The third kappa shape index (κ3) is 6.04. The SMILES string of the molecule is CCNC(=O)c1cccc(CNC(=NC)N(C)CC2CCC(C)CC2)c1. The molecule has 144 valence electrons. The number of hydrogen-bond acceptors (Lipinski definition) is 2. The first-order valence-corrected chi connectivity index (χ1v) is 9.82. The van der Waals surface area contributed by atoms with Crippen LogP contribution in [0.5, 0.6) is 0 Å². The minimum Gasteiger partial charge on any atom is -0.352 e. The van der Waals surface area contributed by atoms with Gasteiger partial charge in [-0.25, -0.2) is 0 Å². The summed E-state index contributed by atoms with van der Waals surface area (Å²) in [6, 6.07) is 7.75. The van der Waals surface area contributed by atoms with Crippen LogP contribution in [0.3, 0.4) is 0 Å². The van der Waals surface area contributed by atoms with E-state index in [2.05, 4.69) is 34.5 Å². The van der Waals surface area contributed by atoms with Crippen molar-refractivity contribution in [2.24, 2.45) is 16.8 Å². The van der Waals surface area contributed by atoms with Crippen LogP contribution in [0.4, 0.5) is 0 Å². The lowest BCUT2D eigenvalue weighted by Crippen LogP contribution is -2.41. The summed E-state index contributed by atoms with van der Waals surface area (Å²) in [5.41, 5.74) is 1.78. The van der Waals surface area contributed by atoms with Gasteiger partial charge in [0.1, 0.15) is 0 Å². The van der Waals surface area contributed by atoms with Gasteiger partial charge in [0, 0.05) is 39.3 Å². The average Bonchev–Trinajstić information content (AvgIpc) is 2.64. The molecule has 0 atom stereocenters. The van der Waals surface area contributed by atoms with Gasteiger partial charge in [-0.1, -0.05) is 31.9 Å². The van der Waals surface area contributed by atoms with Crippen molar-refractivity contribution in [3.63, 3.8) is 0 Å². The van der Waals surface area contributed by atoms with E-state index < -0.39 is 0 Å². The predicted octanol–water partition coefficient (Wildman–Crippen LogP) is 3.27. The van der Waals surface area contributed by atoms with E-state index in [-0.39, 0.29) is 5.91 Å². The Kier molecular flexibility index (Phi) is 7.95. The molecule has 0 radical (unpaired) electrons. The van der Waals surface area contributed by atoms with Gasteiger partial charge in [0.05, 0.1) is 0 Å². The second kappa shape index (κ2) is 10.2. The van der Waals surface area contributed by atoms with Crippen LogP contribution in [-0.2, 0) is 6.54 Å². The van der Waals surface area contributed by atoms with Crippen LogP contribution in [0.15, 0.2) is 29.3 Å². The summed E-state index contributed by atoms with van der Waals surface area (Å²) < 4.78 is 0. The second-order valence-electron chi connectivity index (χ2n) is 7.47. The Morgan fingerprint density at radius 3 is 2.62 bits per heavy atom. The first-order chi connectivity index (χ1) is 12.5. The van der Waals surface area contributed by atoms with Crippen molar-refractivity contribution in [2.75, 3.05) is 27.2 Å². The molecule has 5 heteroatoms. The molecular weight excluding hydrogens is 324 g/mol. The maximum atomic E-state index is 12.0. The van der Waals surface area contributed by atoms with Gasteiger partial charge in [-0.15, -0.1) is 0 Å². The highest BCUT2D eigenvalue weighted by molar-refractivity contribution is 5.94. The molecule has 0 unspecified atom stereocenters. The van der Waals surface area contributed by atoms with Crippen LogP contribution in [-0.4, -0.2) is 44.0 Å². The highest BCUT2D eigenvalue weighted by atomic mass is 16.1. The van der Waals surface area contributed by atoms with Gasteiger partial charge in [-0.05, 0) is 49.3 Å². The summed E-state index contributed by atoms with van der Waals surface area (Å²) in [5, 5.41) is 6.27. The molecule has 0 bridgehead atoms. The lowest BCUT2D eigenvalue weighted by molar-refractivity contribution is 0.0955. The third-order valence-corrected chi connectivity index (χ3v) is 5.22. The number of nitrogens with one attached hydrogen (secondary N) is 2. The first kappa shape index (κ1) is 20.3. The summed E-state index contributed by atoms with van der Waals surface area (Å²) >= 11 is 0. The molecule has 1 amide bonds. The fourth-order valence-electron chi connectivity index (χ4n) is 3.64. The van der Waals surface area contributed by atoms with Gasteiger partial charge >= 0.3 is 0 Å². The monoisotopic (exact) mass is 358 g/mol. The summed E-state index contributed by atoms with van der Waals surface area (Å²) in [6.07, 6.45) is 5.32. The zero-order valence-electron chi connectivity index (χ0n) is 16.7. The van der Waals surface area contributed by atoms with Crippen molar-refractivity contribution < 1.29 is 4.79 Å². The van der Waals surface area contributed by atoms with E-state index in [9.17, 15) is 4.79 Å². The van der Waals surface area contributed by atoms with Crippen LogP contribution in [0.25, 0.3) is 0 Å². The largest absolute Gasteiger partial charge is 0.352 e. The number of nitrogens with zero attached hydrogens (tertiary/aromatic N) is 2. The maximum Gasteiger partial charge on any atom is 0.251 e. The average molecular weight is 359 g/mol. The van der Waals surface area contributed by atoms with Gasteiger partial charge in [0.15, 0.2) is 5.96 Å². The molecule has 1 fully saturated rings. The molecule has 1 aromatic rings. The van der Waals surface area contributed by atoms with Crippen LogP contribution in [0, 0.1) is 11.8 Å². The molecule has 1 aliphatic rings. The summed E-state index contributed by atoms with van der Waals surface area (Å²) in [6.45, 7) is 6.63. The molecule has 2 rings (SSSR count). The van der Waals surface area contributed by atoms with Gasteiger partial charge in [-0.2, -0.15) is 0 Å². The number of hydrogen-bond donors (Lipinski definition) is 2. The lowest BCUT2D eigenvalue weighted by atomic mass is 9.83. The smallest absolute Gasteiger partial charge is 0.251 e. The standard InChI is InChI=1S/C21H34N4O/c1-5-23-20(26)19-8-6-7-18(13-19)14-24-21(22-3)25(4)15-17-11-9-16(2)10-12-17/h6-8,13,16-17H,5,9-12,14-15H2,1-4H3,(H,22,24)(H,23,26). The highest BCUT2D eigenvalue weighted by Crippen LogP contribution is 2.28. The number of carbonyl (C=O) groups is 1. The minimum absolute atomic E-state index is 0.0256. The van der Waals surface area contributed by atoms with Crippen LogP contribution in [0.1, 0.15) is 55.5 Å². The van der Waals surface area contributed by atoms with Crippen molar-refractivity contribution in [3.8, 4) is 0 Å². The van der Waals surface area contributed by atoms with Crippen LogP contribution in [0.2, 0.25) is 0 Å². The molecular formula is C21H34N4O. The zero-order valence-corrected chi connectivity index (χ0v) is 16.7. The fourth-order valence-corrected chi connectivity index (χ4v) is 3.64. The third-order valence-electron chi connectivity index (χ3n) is 5.22. The van der Waals surface area contributed by atoms with E-state index in [4.69, 9.17) is 0 Å². The molecule has 1 saturated carbocycles. The van der Waals surface area contributed by atoms with Crippen molar-refractivity contribution in [3.05, 3.63) is 35.4 Å². The molecule has 0 heterocycles. The van der Waals surface area contributed by atoms with Gasteiger partial charge in [0.2, 0.25) is 0 Å². The Balaban J connectivity index is 1.88. The molecule has 5 nitrogen and oxygen atoms in total. The number of amides is 1. The zero-order chi connectivity index (χ0) is 18.9. The van der Waals surface area contributed by atoms with E-state index in [0.717, 1.165) is 29.9 Å². The molecule has 0 aliphatic heterocycles. The number of rotatable bonds is 6. The van der Waals surface area contributed by atoms with Crippen molar-refractivity contribution in [2.45, 2.75) is 46.1 Å². The predicted molar refractivity (Wildman–Crippen MR) is 108 cm³/mol. The quantitative estimate of drug-likeness (QED) is 0.606.